The van der Waals surface area contributed by atoms with Gasteiger partial charge < -0.3 is 10.6 Å². The zero-order valence-electron chi connectivity index (χ0n) is 8.90. The van der Waals surface area contributed by atoms with Crippen molar-refractivity contribution in [2.24, 2.45) is 5.73 Å². The molecule has 78 valence electrons. The van der Waals surface area contributed by atoms with Crippen molar-refractivity contribution in [2.75, 3.05) is 24.5 Å². The molecule has 1 heterocycles. The van der Waals surface area contributed by atoms with Crippen LogP contribution in [0, 0.1) is 6.92 Å². The third-order valence-electron chi connectivity index (χ3n) is 2.13. The number of anilines is 1. The van der Waals surface area contributed by atoms with Gasteiger partial charge in [0.1, 0.15) is 12.1 Å². The Hall–Kier alpha value is -1.16. The summed E-state index contributed by atoms with van der Waals surface area (Å²) >= 11 is 0. The van der Waals surface area contributed by atoms with Crippen LogP contribution >= 0.6 is 0 Å². The normalized spacial score (nSPS) is 10.2. The van der Waals surface area contributed by atoms with E-state index in [9.17, 15) is 0 Å². The average Bonchev–Trinajstić information content (AvgIpc) is 2.19. The molecule has 1 rings (SSSR count). The van der Waals surface area contributed by atoms with E-state index in [1.165, 1.54) is 0 Å². The zero-order chi connectivity index (χ0) is 10.4. The Labute approximate surface area is 85.2 Å². The molecule has 0 atom stereocenters. The van der Waals surface area contributed by atoms with Crippen molar-refractivity contribution in [2.45, 2.75) is 20.3 Å². The monoisotopic (exact) mass is 194 g/mol. The molecule has 0 saturated heterocycles. The van der Waals surface area contributed by atoms with Crippen LogP contribution in [0.2, 0.25) is 0 Å². The van der Waals surface area contributed by atoms with Crippen LogP contribution < -0.4 is 10.6 Å². The van der Waals surface area contributed by atoms with Crippen LogP contribution in [-0.4, -0.2) is 29.6 Å². The summed E-state index contributed by atoms with van der Waals surface area (Å²) < 4.78 is 0. The molecular weight excluding hydrogens is 176 g/mol. The van der Waals surface area contributed by atoms with E-state index >= 15 is 0 Å². The van der Waals surface area contributed by atoms with Crippen LogP contribution in [0.1, 0.15) is 19.0 Å². The second-order valence-corrected chi connectivity index (χ2v) is 3.24. The molecule has 0 aliphatic heterocycles. The number of aryl methyl sites for hydroxylation is 1. The van der Waals surface area contributed by atoms with Gasteiger partial charge in [0.25, 0.3) is 0 Å². The number of aromatic nitrogens is 2. The lowest BCUT2D eigenvalue weighted by Crippen LogP contribution is -2.26. The quantitative estimate of drug-likeness (QED) is 0.758. The standard InChI is InChI=1S/C10H18N4/c1-3-14(6-4-5-11)10-7-9(2)12-8-13-10/h7-8H,3-6,11H2,1-2H3. The maximum Gasteiger partial charge on any atom is 0.132 e. The fourth-order valence-corrected chi connectivity index (χ4v) is 1.33. The molecule has 2 N–H and O–H groups in total. The molecule has 1 aromatic heterocycles. The van der Waals surface area contributed by atoms with Crippen LogP contribution in [0.15, 0.2) is 12.4 Å². The summed E-state index contributed by atoms with van der Waals surface area (Å²) in [6, 6.07) is 2.00. The van der Waals surface area contributed by atoms with E-state index in [0.29, 0.717) is 0 Å². The van der Waals surface area contributed by atoms with Gasteiger partial charge in [0.2, 0.25) is 0 Å². The van der Waals surface area contributed by atoms with E-state index in [-0.39, 0.29) is 0 Å². The van der Waals surface area contributed by atoms with Crippen molar-refractivity contribution in [3.63, 3.8) is 0 Å². The highest BCUT2D eigenvalue weighted by Gasteiger charge is 2.04. The summed E-state index contributed by atoms with van der Waals surface area (Å²) in [5.41, 5.74) is 6.48. The Morgan fingerprint density at radius 2 is 2.21 bits per heavy atom. The Morgan fingerprint density at radius 1 is 1.43 bits per heavy atom. The van der Waals surface area contributed by atoms with Crippen molar-refractivity contribution in [3.05, 3.63) is 18.1 Å². The molecule has 0 saturated carbocycles. The SMILES string of the molecule is CCN(CCCN)c1cc(C)ncn1. The lowest BCUT2D eigenvalue weighted by atomic mass is 10.3. The third-order valence-corrected chi connectivity index (χ3v) is 2.13. The first-order valence-electron chi connectivity index (χ1n) is 5.01. The molecule has 4 heteroatoms. The van der Waals surface area contributed by atoms with Crippen LogP contribution in [-0.2, 0) is 0 Å². The molecule has 0 radical (unpaired) electrons. The van der Waals surface area contributed by atoms with E-state index in [2.05, 4.69) is 21.8 Å². The second kappa shape index (κ2) is 5.54. The Morgan fingerprint density at radius 3 is 2.79 bits per heavy atom. The smallest absolute Gasteiger partial charge is 0.132 e. The van der Waals surface area contributed by atoms with Crippen molar-refractivity contribution >= 4 is 5.82 Å². The maximum atomic E-state index is 5.48. The van der Waals surface area contributed by atoms with E-state index in [4.69, 9.17) is 5.73 Å². The zero-order valence-corrected chi connectivity index (χ0v) is 8.90. The van der Waals surface area contributed by atoms with Crippen LogP contribution in [0.3, 0.4) is 0 Å². The lowest BCUT2D eigenvalue weighted by Gasteiger charge is -2.21. The van der Waals surface area contributed by atoms with Gasteiger partial charge >= 0.3 is 0 Å². The molecule has 1 aromatic rings. The second-order valence-electron chi connectivity index (χ2n) is 3.24. The molecule has 0 aliphatic rings. The van der Waals surface area contributed by atoms with E-state index in [1.807, 2.05) is 13.0 Å². The average molecular weight is 194 g/mol. The van der Waals surface area contributed by atoms with Gasteiger partial charge in [-0.2, -0.15) is 0 Å². The molecule has 14 heavy (non-hydrogen) atoms. The fourth-order valence-electron chi connectivity index (χ4n) is 1.33. The summed E-state index contributed by atoms with van der Waals surface area (Å²) in [6.45, 7) is 6.73. The van der Waals surface area contributed by atoms with Gasteiger partial charge in [0, 0.05) is 24.8 Å². The number of nitrogens with zero attached hydrogens (tertiary/aromatic N) is 3. The van der Waals surface area contributed by atoms with E-state index in [0.717, 1.165) is 37.6 Å². The predicted octanol–water partition coefficient (Wildman–Crippen LogP) is 0.960. The van der Waals surface area contributed by atoms with Crippen molar-refractivity contribution in [1.82, 2.24) is 9.97 Å². The summed E-state index contributed by atoms with van der Waals surface area (Å²) in [6.07, 6.45) is 2.60. The molecule has 0 amide bonds. The first-order valence-corrected chi connectivity index (χ1v) is 5.01. The molecule has 4 nitrogen and oxygen atoms in total. The number of nitrogens with two attached hydrogens (primary N) is 1. The van der Waals surface area contributed by atoms with Gasteiger partial charge in [0.15, 0.2) is 0 Å². The van der Waals surface area contributed by atoms with Gasteiger partial charge in [-0.15, -0.1) is 0 Å². The molecule has 0 unspecified atom stereocenters. The van der Waals surface area contributed by atoms with Crippen molar-refractivity contribution in [1.29, 1.82) is 0 Å². The topological polar surface area (TPSA) is 55.0 Å². The van der Waals surface area contributed by atoms with Gasteiger partial charge in [-0.1, -0.05) is 0 Å². The predicted molar refractivity (Wildman–Crippen MR) is 58.3 cm³/mol. The highest BCUT2D eigenvalue weighted by atomic mass is 15.2. The summed E-state index contributed by atoms with van der Waals surface area (Å²) in [5.74, 6) is 0.994. The highest BCUT2D eigenvalue weighted by Crippen LogP contribution is 2.10. The first kappa shape index (κ1) is 10.9. The van der Waals surface area contributed by atoms with Gasteiger partial charge in [-0.3, -0.25) is 0 Å². The lowest BCUT2D eigenvalue weighted by molar-refractivity contribution is 0.742. The fraction of sp³-hybridized carbons (Fsp3) is 0.600. The number of rotatable bonds is 5. The van der Waals surface area contributed by atoms with Crippen molar-refractivity contribution < 1.29 is 0 Å². The van der Waals surface area contributed by atoms with E-state index < -0.39 is 0 Å². The van der Waals surface area contributed by atoms with Gasteiger partial charge in [-0.05, 0) is 26.8 Å². The van der Waals surface area contributed by atoms with Crippen LogP contribution in [0.25, 0.3) is 0 Å². The summed E-state index contributed by atoms with van der Waals surface area (Å²) in [4.78, 5) is 10.5. The third kappa shape index (κ3) is 2.96. The molecule has 0 aromatic carbocycles. The Balaban J connectivity index is 2.68. The molecular formula is C10H18N4. The molecule has 0 spiro atoms. The van der Waals surface area contributed by atoms with Gasteiger partial charge in [-0.25, -0.2) is 9.97 Å². The van der Waals surface area contributed by atoms with Gasteiger partial charge in [0.05, 0.1) is 0 Å². The van der Waals surface area contributed by atoms with Crippen LogP contribution in [0.4, 0.5) is 5.82 Å². The number of hydrogen-bond acceptors (Lipinski definition) is 4. The highest BCUT2D eigenvalue weighted by molar-refractivity contribution is 5.38. The minimum Gasteiger partial charge on any atom is -0.357 e. The Bertz CT molecular complexity index is 275. The number of hydrogen-bond donors (Lipinski definition) is 1. The largest absolute Gasteiger partial charge is 0.357 e. The molecule has 0 aliphatic carbocycles. The van der Waals surface area contributed by atoms with Crippen molar-refractivity contribution in [3.8, 4) is 0 Å². The van der Waals surface area contributed by atoms with Crippen LogP contribution in [0.5, 0.6) is 0 Å². The minimum absolute atomic E-state index is 0.723. The minimum atomic E-state index is 0.723. The summed E-state index contributed by atoms with van der Waals surface area (Å²) in [7, 11) is 0. The first-order chi connectivity index (χ1) is 6.77. The molecule has 0 bridgehead atoms. The molecule has 0 fully saturated rings. The van der Waals surface area contributed by atoms with E-state index in [1.54, 1.807) is 6.33 Å². The Kier molecular flexibility index (Phi) is 4.32. The maximum absolute atomic E-state index is 5.48. The summed E-state index contributed by atoms with van der Waals surface area (Å²) in [5, 5.41) is 0.